The van der Waals surface area contributed by atoms with Gasteiger partial charge in [0.2, 0.25) is 5.91 Å². The van der Waals surface area contributed by atoms with Gasteiger partial charge in [-0.3, -0.25) is 9.59 Å². The van der Waals surface area contributed by atoms with E-state index < -0.39 is 0 Å². The summed E-state index contributed by atoms with van der Waals surface area (Å²) in [4.78, 5) is 31.6. The average Bonchev–Trinajstić information content (AvgIpc) is 3.49. The van der Waals surface area contributed by atoms with Gasteiger partial charge in [0.15, 0.2) is 5.65 Å². The number of nitrogens with zero attached hydrogens (tertiary/aromatic N) is 4. The normalized spacial score (nSPS) is 14.7. The zero-order valence-corrected chi connectivity index (χ0v) is 17.5. The van der Waals surface area contributed by atoms with Crippen LogP contribution < -0.4 is 5.73 Å². The van der Waals surface area contributed by atoms with E-state index in [0.717, 1.165) is 11.3 Å². The molecule has 5 rings (SSSR count). The van der Waals surface area contributed by atoms with Crippen molar-refractivity contribution in [1.82, 2.24) is 19.7 Å². The molecule has 0 spiro atoms. The molecule has 4 heterocycles. The van der Waals surface area contributed by atoms with Crippen LogP contribution in [-0.2, 0) is 11.3 Å². The molecule has 0 unspecified atom stereocenters. The van der Waals surface area contributed by atoms with E-state index in [1.165, 1.54) is 0 Å². The molecule has 1 aromatic carbocycles. The van der Waals surface area contributed by atoms with E-state index in [9.17, 15) is 9.59 Å². The van der Waals surface area contributed by atoms with Crippen molar-refractivity contribution in [1.29, 1.82) is 0 Å². The Morgan fingerprint density at radius 1 is 1.09 bits per heavy atom. The number of piperidine rings is 1. The van der Waals surface area contributed by atoms with Crippen LogP contribution >= 0.6 is 0 Å². The zero-order valence-electron chi connectivity index (χ0n) is 17.5. The molecule has 2 N–H and O–H groups in total. The Bertz CT molecular complexity index is 1260. The first-order chi connectivity index (χ1) is 15.6. The minimum atomic E-state index is -0.297. The molecular formula is C24H23N5O3. The Hall–Kier alpha value is -3.94. The number of aromatic nitrogens is 3. The van der Waals surface area contributed by atoms with E-state index in [-0.39, 0.29) is 17.7 Å². The number of primary amides is 1. The molecule has 4 aromatic rings. The van der Waals surface area contributed by atoms with Crippen LogP contribution in [0.2, 0.25) is 0 Å². The maximum Gasteiger partial charge on any atom is 0.254 e. The van der Waals surface area contributed by atoms with E-state index >= 15 is 0 Å². The summed E-state index contributed by atoms with van der Waals surface area (Å²) < 4.78 is 7.22. The lowest BCUT2D eigenvalue weighted by Gasteiger charge is -2.30. The molecular weight excluding hydrogens is 406 g/mol. The Labute approximate surface area is 184 Å². The van der Waals surface area contributed by atoms with E-state index in [4.69, 9.17) is 15.1 Å². The monoisotopic (exact) mass is 429 g/mol. The van der Waals surface area contributed by atoms with Crippen LogP contribution in [0.25, 0.3) is 22.3 Å². The Balaban J connectivity index is 1.56. The predicted octanol–water partition coefficient (Wildman–Crippen LogP) is 3.08. The van der Waals surface area contributed by atoms with Crippen LogP contribution in [0, 0.1) is 5.92 Å². The molecule has 1 saturated heterocycles. The summed E-state index contributed by atoms with van der Waals surface area (Å²) in [5.74, 6) is 0.194. The number of carbonyl (C=O) groups is 2. The van der Waals surface area contributed by atoms with Crippen LogP contribution in [0.4, 0.5) is 0 Å². The largest absolute Gasteiger partial charge is 0.467 e. The topological polar surface area (TPSA) is 107 Å². The quantitative estimate of drug-likeness (QED) is 0.525. The molecule has 0 atom stereocenters. The van der Waals surface area contributed by atoms with Crippen LogP contribution in [0.15, 0.2) is 65.4 Å². The maximum atomic E-state index is 13.5. The number of fused-ring (bicyclic) bond motifs is 1. The first-order valence-electron chi connectivity index (χ1n) is 10.6. The minimum absolute atomic E-state index is 0.0879. The van der Waals surface area contributed by atoms with Gasteiger partial charge in [0.05, 0.1) is 29.1 Å². The third-order valence-electron chi connectivity index (χ3n) is 5.98. The summed E-state index contributed by atoms with van der Waals surface area (Å²) in [5, 5.41) is 5.18. The number of hydrogen-bond donors (Lipinski definition) is 1. The number of rotatable bonds is 5. The van der Waals surface area contributed by atoms with Crippen molar-refractivity contribution in [2.24, 2.45) is 11.7 Å². The minimum Gasteiger partial charge on any atom is -0.467 e. The molecule has 0 bridgehead atoms. The van der Waals surface area contributed by atoms with Crippen LogP contribution in [0.5, 0.6) is 0 Å². The molecule has 0 aliphatic carbocycles. The van der Waals surface area contributed by atoms with E-state index in [1.807, 2.05) is 48.5 Å². The van der Waals surface area contributed by atoms with Crippen molar-refractivity contribution in [2.75, 3.05) is 13.1 Å². The van der Waals surface area contributed by atoms with Gasteiger partial charge in [-0.05, 0) is 31.0 Å². The highest BCUT2D eigenvalue weighted by Gasteiger charge is 2.28. The number of nitrogens with two attached hydrogens (primary N) is 1. The van der Waals surface area contributed by atoms with Gasteiger partial charge in [0, 0.05) is 24.6 Å². The van der Waals surface area contributed by atoms with Gasteiger partial charge in [0.25, 0.3) is 5.91 Å². The molecule has 1 aliphatic heterocycles. The summed E-state index contributed by atoms with van der Waals surface area (Å²) in [6, 6.07) is 15.3. The molecule has 3 aromatic heterocycles. The number of hydrogen-bond acceptors (Lipinski definition) is 5. The number of likely N-dealkylation sites (tertiary alicyclic amines) is 1. The highest BCUT2D eigenvalue weighted by Crippen LogP contribution is 2.28. The lowest BCUT2D eigenvalue weighted by atomic mass is 9.95. The van der Waals surface area contributed by atoms with Gasteiger partial charge in [-0.25, -0.2) is 9.67 Å². The second kappa shape index (κ2) is 8.30. The Morgan fingerprint density at radius 2 is 1.88 bits per heavy atom. The average molecular weight is 429 g/mol. The smallest absolute Gasteiger partial charge is 0.254 e. The summed E-state index contributed by atoms with van der Waals surface area (Å²) >= 11 is 0. The van der Waals surface area contributed by atoms with Gasteiger partial charge < -0.3 is 15.1 Å². The van der Waals surface area contributed by atoms with E-state index in [1.54, 1.807) is 22.0 Å². The van der Waals surface area contributed by atoms with Crippen LogP contribution in [-0.4, -0.2) is 44.6 Å². The maximum absolute atomic E-state index is 13.5. The highest BCUT2D eigenvalue weighted by atomic mass is 16.3. The fourth-order valence-electron chi connectivity index (χ4n) is 4.18. The van der Waals surface area contributed by atoms with Gasteiger partial charge in [-0.1, -0.05) is 30.3 Å². The second-order valence-corrected chi connectivity index (χ2v) is 8.01. The standard InChI is InChI=1S/C24H23N5O3/c25-22(30)17-8-10-28(11-9-17)24(31)19-13-21(16-5-2-1-3-6-16)27-23-20(19)14-26-29(23)15-18-7-4-12-32-18/h1-7,12-14,17H,8-11,15H2,(H2,25,30). The number of carbonyl (C=O) groups excluding carboxylic acids is 2. The number of benzene rings is 1. The third kappa shape index (κ3) is 3.75. The van der Waals surface area contributed by atoms with Crippen LogP contribution in [0.1, 0.15) is 29.0 Å². The van der Waals surface area contributed by atoms with Crippen LogP contribution in [0.3, 0.4) is 0 Å². The fraction of sp³-hybridized carbons (Fsp3) is 0.250. The highest BCUT2D eigenvalue weighted by molar-refractivity contribution is 6.06. The predicted molar refractivity (Wildman–Crippen MR) is 119 cm³/mol. The molecule has 162 valence electrons. The molecule has 32 heavy (non-hydrogen) atoms. The molecule has 2 amide bonds. The second-order valence-electron chi connectivity index (χ2n) is 8.01. The fourth-order valence-corrected chi connectivity index (χ4v) is 4.18. The zero-order chi connectivity index (χ0) is 22.1. The molecule has 0 saturated carbocycles. The molecule has 8 heteroatoms. The van der Waals surface area contributed by atoms with Gasteiger partial charge in [-0.2, -0.15) is 5.10 Å². The molecule has 1 fully saturated rings. The summed E-state index contributed by atoms with van der Waals surface area (Å²) in [5.41, 5.74) is 8.25. The molecule has 0 radical (unpaired) electrons. The van der Waals surface area contributed by atoms with Gasteiger partial charge in [-0.15, -0.1) is 0 Å². The van der Waals surface area contributed by atoms with Crippen molar-refractivity contribution in [2.45, 2.75) is 19.4 Å². The van der Waals surface area contributed by atoms with Crippen molar-refractivity contribution >= 4 is 22.8 Å². The molecule has 8 nitrogen and oxygen atoms in total. The SMILES string of the molecule is NC(=O)C1CCN(C(=O)c2cc(-c3ccccc3)nc3c2cnn3Cc2ccco2)CC1. The summed E-state index contributed by atoms with van der Waals surface area (Å²) in [6.45, 7) is 1.41. The third-order valence-corrected chi connectivity index (χ3v) is 5.98. The first-order valence-corrected chi connectivity index (χ1v) is 10.6. The van der Waals surface area contributed by atoms with Crippen molar-refractivity contribution < 1.29 is 14.0 Å². The molecule has 1 aliphatic rings. The lowest BCUT2D eigenvalue weighted by molar-refractivity contribution is -0.123. The Morgan fingerprint density at radius 3 is 2.56 bits per heavy atom. The van der Waals surface area contributed by atoms with Crippen molar-refractivity contribution in [3.63, 3.8) is 0 Å². The number of pyridine rings is 1. The Kier molecular flexibility index (Phi) is 5.18. The van der Waals surface area contributed by atoms with Gasteiger partial charge >= 0.3 is 0 Å². The van der Waals surface area contributed by atoms with Crippen molar-refractivity contribution in [3.05, 3.63) is 72.3 Å². The van der Waals surface area contributed by atoms with Crippen molar-refractivity contribution in [3.8, 4) is 11.3 Å². The summed E-state index contributed by atoms with van der Waals surface area (Å²) in [6.07, 6.45) is 4.47. The number of amides is 2. The van der Waals surface area contributed by atoms with Gasteiger partial charge in [0.1, 0.15) is 12.3 Å². The first kappa shape index (κ1) is 20.0. The lowest BCUT2D eigenvalue weighted by Crippen LogP contribution is -2.41. The van der Waals surface area contributed by atoms with E-state index in [0.29, 0.717) is 54.8 Å². The van der Waals surface area contributed by atoms with E-state index in [2.05, 4.69) is 5.10 Å². The summed E-state index contributed by atoms with van der Waals surface area (Å²) in [7, 11) is 0. The number of furan rings is 1.